The largest absolute Gasteiger partial charge is 0.477 e. The minimum absolute atomic E-state index is 0.227. The molecule has 1 aromatic heterocycles. The van der Waals surface area contributed by atoms with Gasteiger partial charge in [-0.1, -0.05) is 15.9 Å². The zero-order chi connectivity index (χ0) is 14.5. The highest BCUT2D eigenvalue weighted by molar-refractivity contribution is 9.10. The van der Waals surface area contributed by atoms with Crippen molar-refractivity contribution in [2.24, 2.45) is 5.10 Å². The fourth-order valence-electron chi connectivity index (χ4n) is 1.36. The van der Waals surface area contributed by atoms with E-state index in [-0.39, 0.29) is 10.8 Å². The zero-order valence-corrected chi connectivity index (χ0v) is 12.4. The van der Waals surface area contributed by atoms with Gasteiger partial charge in [0.25, 0.3) is 5.91 Å². The Bertz CT molecular complexity index is 665. The Kier molecular flexibility index (Phi) is 4.65. The Labute approximate surface area is 127 Å². The number of nitrogens with zero attached hydrogens (tertiary/aromatic N) is 1. The van der Waals surface area contributed by atoms with Gasteiger partial charge in [-0.25, -0.2) is 10.2 Å². The summed E-state index contributed by atoms with van der Waals surface area (Å²) >= 11 is 4.37. The van der Waals surface area contributed by atoms with Gasteiger partial charge in [0.1, 0.15) is 4.88 Å². The highest BCUT2D eigenvalue weighted by Gasteiger charge is 2.06. The van der Waals surface area contributed by atoms with Crippen molar-refractivity contribution in [1.82, 2.24) is 5.43 Å². The van der Waals surface area contributed by atoms with Crippen LogP contribution in [0.25, 0.3) is 0 Å². The van der Waals surface area contributed by atoms with Gasteiger partial charge in [-0.2, -0.15) is 5.10 Å². The first-order chi connectivity index (χ1) is 9.56. The minimum atomic E-state index is -0.978. The molecule has 5 nitrogen and oxygen atoms in total. The first kappa shape index (κ1) is 14.4. The van der Waals surface area contributed by atoms with Gasteiger partial charge < -0.3 is 5.11 Å². The van der Waals surface area contributed by atoms with Gasteiger partial charge in [-0.05, 0) is 36.4 Å². The van der Waals surface area contributed by atoms with Gasteiger partial charge in [-0.15, -0.1) is 11.3 Å². The summed E-state index contributed by atoms with van der Waals surface area (Å²) in [5.74, 6) is -1.31. The van der Waals surface area contributed by atoms with Gasteiger partial charge >= 0.3 is 5.97 Å². The fraction of sp³-hybridized carbons (Fsp3) is 0. The molecule has 0 fully saturated rings. The highest BCUT2D eigenvalue weighted by Crippen LogP contribution is 2.14. The van der Waals surface area contributed by atoms with Gasteiger partial charge in [-0.3, -0.25) is 4.79 Å². The predicted octanol–water partition coefficient (Wildman–Crippen LogP) is 2.97. The van der Waals surface area contributed by atoms with Crippen molar-refractivity contribution < 1.29 is 14.7 Å². The molecule has 0 radical (unpaired) electrons. The maximum atomic E-state index is 11.7. The number of hydrogen-bond acceptors (Lipinski definition) is 4. The summed E-state index contributed by atoms with van der Waals surface area (Å²) < 4.78 is 0.886. The van der Waals surface area contributed by atoms with Crippen molar-refractivity contribution in [1.29, 1.82) is 0 Å². The number of nitrogens with one attached hydrogen (secondary N) is 1. The number of carbonyl (C=O) groups excluding carboxylic acids is 1. The number of hydrogen-bond donors (Lipinski definition) is 2. The third-order valence-electron chi connectivity index (χ3n) is 2.30. The Hall–Kier alpha value is -1.99. The van der Waals surface area contributed by atoms with E-state index in [2.05, 4.69) is 26.5 Å². The van der Waals surface area contributed by atoms with Crippen LogP contribution in [0.4, 0.5) is 0 Å². The Morgan fingerprint density at radius 1 is 1.20 bits per heavy atom. The number of hydrazone groups is 1. The van der Waals surface area contributed by atoms with Crippen LogP contribution in [0.5, 0.6) is 0 Å². The molecule has 20 heavy (non-hydrogen) atoms. The number of halogens is 1. The normalized spacial score (nSPS) is 10.7. The van der Waals surface area contributed by atoms with Crippen LogP contribution < -0.4 is 5.43 Å². The van der Waals surface area contributed by atoms with Crippen molar-refractivity contribution >= 4 is 45.4 Å². The monoisotopic (exact) mass is 352 g/mol. The summed E-state index contributed by atoms with van der Waals surface area (Å²) in [6.07, 6.45) is 1.41. The summed E-state index contributed by atoms with van der Waals surface area (Å²) in [6, 6.07) is 9.98. The number of rotatable bonds is 4. The molecule has 0 aliphatic rings. The molecule has 1 heterocycles. The van der Waals surface area contributed by atoms with Crippen LogP contribution in [0.1, 0.15) is 24.9 Å². The molecule has 7 heteroatoms. The molecule has 1 amide bonds. The number of thiophene rings is 1. The summed E-state index contributed by atoms with van der Waals surface area (Å²) in [6.45, 7) is 0. The maximum absolute atomic E-state index is 11.7. The Morgan fingerprint density at radius 2 is 1.90 bits per heavy atom. The van der Waals surface area contributed by atoms with Crippen molar-refractivity contribution in [3.8, 4) is 0 Å². The van der Waals surface area contributed by atoms with E-state index in [1.165, 1.54) is 12.3 Å². The number of amides is 1. The van der Waals surface area contributed by atoms with E-state index in [9.17, 15) is 9.59 Å². The van der Waals surface area contributed by atoms with E-state index in [0.717, 1.165) is 15.8 Å². The second-order valence-electron chi connectivity index (χ2n) is 3.71. The van der Waals surface area contributed by atoms with Gasteiger partial charge in [0.15, 0.2) is 0 Å². The third-order valence-corrected chi connectivity index (χ3v) is 3.84. The highest BCUT2D eigenvalue weighted by atomic mass is 79.9. The molecule has 1 aromatic carbocycles. The number of carboxylic acid groups (broad SMARTS) is 1. The maximum Gasteiger partial charge on any atom is 0.345 e. The lowest BCUT2D eigenvalue weighted by Crippen LogP contribution is -2.17. The van der Waals surface area contributed by atoms with Crippen molar-refractivity contribution in [2.75, 3.05) is 0 Å². The van der Waals surface area contributed by atoms with Crippen LogP contribution in [-0.2, 0) is 0 Å². The molecule has 0 bridgehead atoms. The molecule has 0 spiro atoms. The molecular formula is C13H9BrN2O3S. The zero-order valence-electron chi connectivity index (χ0n) is 10.0. The van der Waals surface area contributed by atoms with Gasteiger partial charge in [0.2, 0.25) is 0 Å². The fourth-order valence-corrected chi connectivity index (χ4v) is 2.34. The summed E-state index contributed by atoms with van der Waals surface area (Å²) in [7, 11) is 0. The Morgan fingerprint density at radius 3 is 2.50 bits per heavy atom. The first-order valence-electron chi connectivity index (χ1n) is 5.48. The van der Waals surface area contributed by atoms with Crippen molar-refractivity contribution in [3.05, 3.63) is 56.2 Å². The minimum Gasteiger partial charge on any atom is -0.477 e. The molecule has 0 aliphatic carbocycles. The molecule has 2 N–H and O–H groups in total. The van der Waals surface area contributed by atoms with Crippen molar-refractivity contribution in [3.63, 3.8) is 0 Å². The van der Waals surface area contributed by atoms with Crippen LogP contribution >= 0.6 is 27.3 Å². The Balaban J connectivity index is 1.97. The standard InChI is InChI=1S/C13H9BrN2O3S/c14-9-3-1-8(2-4-9)12(17)16-15-7-10-5-6-11(20-10)13(18)19/h1-7H,(H,16,17)(H,18,19). The van der Waals surface area contributed by atoms with Gasteiger partial charge in [0, 0.05) is 14.9 Å². The van der Waals surface area contributed by atoms with E-state index < -0.39 is 5.97 Å². The van der Waals surface area contributed by atoms with Crippen LogP contribution in [0.2, 0.25) is 0 Å². The lowest BCUT2D eigenvalue weighted by Gasteiger charge is -1.99. The van der Waals surface area contributed by atoms with Gasteiger partial charge in [0.05, 0.1) is 6.21 Å². The van der Waals surface area contributed by atoms with E-state index in [1.54, 1.807) is 30.3 Å². The molecule has 2 rings (SSSR count). The topological polar surface area (TPSA) is 78.8 Å². The van der Waals surface area contributed by atoms with E-state index in [4.69, 9.17) is 5.11 Å². The van der Waals surface area contributed by atoms with Crippen LogP contribution in [0.15, 0.2) is 46.0 Å². The number of aromatic carboxylic acids is 1. The number of carbonyl (C=O) groups is 2. The number of benzene rings is 1. The smallest absolute Gasteiger partial charge is 0.345 e. The molecule has 0 unspecified atom stereocenters. The molecule has 0 saturated heterocycles. The van der Waals surface area contributed by atoms with Crippen LogP contribution in [-0.4, -0.2) is 23.2 Å². The lowest BCUT2D eigenvalue weighted by molar-refractivity contribution is 0.0702. The molecule has 0 aliphatic heterocycles. The average molecular weight is 353 g/mol. The first-order valence-corrected chi connectivity index (χ1v) is 7.09. The third kappa shape index (κ3) is 3.75. The lowest BCUT2D eigenvalue weighted by atomic mass is 10.2. The van der Waals surface area contributed by atoms with E-state index in [0.29, 0.717) is 10.4 Å². The molecule has 0 saturated carbocycles. The van der Waals surface area contributed by atoms with Crippen molar-refractivity contribution in [2.45, 2.75) is 0 Å². The quantitative estimate of drug-likeness (QED) is 0.655. The van der Waals surface area contributed by atoms with E-state index >= 15 is 0 Å². The number of carboxylic acids is 1. The predicted molar refractivity (Wildman–Crippen MR) is 80.5 cm³/mol. The molecule has 102 valence electrons. The summed E-state index contributed by atoms with van der Waals surface area (Å²) in [5.41, 5.74) is 2.87. The second kappa shape index (κ2) is 6.44. The second-order valence-corrected chi connectivity index (χ2v) is 5.74. The summed E-state index contributed by atoms with van der Waals surface area (Å²) in [5, 5.41) is 12.6. The SMILES string of the molecule is O=C(NN=Cc1ccc(C(=O)O)s1)c1ccc(Br)cc1. The molecule has 2 aromatic rings. The molecular weight excluding hydrogens is 344 g/mol. The summed E-state index contributed by atoms with van der Waals surface area (Å²) in [4.78, 5) is 23.3. The van der Waals surface area contributed by atoms with Crippen LogP contribution in [0, 0.1) is 0 Å². The van der Waals surface area contributed by atoms with E-state index in [1.807, 2.05) is 0 Å². The molecule has 0 atom stereocenters. The average Bonchev–Trinajstić information content (AvgIpc) is 2.88. The van der Waals surface area contributed by atoms with Crippen LogP contribution in [0.3, 0.4) is 0 Å².